The van der Waals surface area contributed by atoms with E-state index in [1.54, 1.807) is 0 Å². The molecule has 0 aromatic carbocycles. The van der Waals surface area contributed by atoms with Gasteiger partial charge in [-0.1, -0.05) is 19.3 Å². The molecule has 0 amide bonds. The van der Waals surface area contributed by atoms with Crippen LogP contribution in [0.2, 0.25) is 0 Å². The van der Waals surface area contributed by atoms with Crippen LogP contribution in [-0.4, -0.2) is 40.6 Å². The van der Waals surface area contributed by atoms with Gasteiger partial charge in [0.15, 0.2) is 0 Å². The number of halogens is 1. The number of aliphatic hydroxyl groups excluding tert-OH is 1. The minimum absolute atomic E-state index is 0.0587. The van der Waals surface area contributed by atoms with E-state index in [-0.39, 0.29) is 6.10 Å². The molecule has 2 rings (SSSR count). The zero-order valence-corrected chi connectivity index (χ0v) is 10.8. The maximum atomic E-state index is 9.53. The number of hydrogen-bond donors (Lipinski definition) is 1. The number of hydrogen-bond acceptors (Lipinski definition) is 2. The van der Waals surface area contributed by atoms with Gasteiger partial charge in [0.05, 0.1) is 6.10 Å². The summed E-state index contributed by atoms with van der Waals surface area (Å²) in [6.07, 6.45) is 9.48. The van der Waals surface area contributed by atoms with E-state index in [4.69, 9.17) is 11.6 Å². The van der Waals surface area contributed by atoms with Crippen molar-refractivity contribution in [2.45, 2.75) is 68.9 Å². The van der Waals surface area contributed by atoms with Gasteiger partial charge in [-0.25, -0.2) is 0 Å². The number of rotatable bonds is 1. The molecule has 2 nitrogen and oxygen atoms in total. The number of nitrogens with zero attached hydrogens (tertiary/aromatic N) is 1. The minimum Gasteiger partial charge on any atom is -0.393 e. The van der Waals surface area contributed by atoms with E-state index in [1.807, 2.05) is 0 Å². The molecule has 1 aliphatic heterocycles. The average molecular weight is 246 g/mol. The Morgan fingerprint density at radius 3 is 2.38 bits per heavy atom. The molecule has 0 aromatic heterocycles. The topological polar surface area (TPSA) is 23.5 Å². The lowest BCUT2D eigenvalue weighted by molar-refractivity contribution is 0.0539. The van der Waals surface area contributed by atoms with Crippen molar-refractivity contribution in [2.24, 2.45) is 0 Å². The first-order valence-corrected chi connectivity index (χ1v) is 7.25. The maximum absolute atomic E-state index is 9.53. The van der Waals surface area contributed by atoms with Gasteiger partial charge in [-0.3, -0.25) is 0 Å². The number of aliphatic hydroxyl groups is 1. The molecule has 1 saturated heterocycles. The Kier molecular flexibility index (Phi) is 4.93. The molecular formula is C13H24ClNO. The lowest BCUT2D eigenvalue weighted by Crippen LogP contribution is -2.44. The molecule has 0 aromatic rings. The second-order valence-electron chi connectivity index (χ2n) is 5.39. The summed E-state index contributed by atoms with van der Waals surface area (Å²) in [5.74, 6) is 0. The molecule has 94 valence electrons. The summed E-state index contributed by atoms with van der Waals surface area (Å²) in [6, 6.07) is 0.676. The standard InChI is InChI=1S/C13H24ClNO/c14-11-4-2-1-3-5-12(10-11)15-8-6-13(16)7-9-15/h11-13,16H,1-10H2. The SMILES string of the molecule is OC1CCN(C2CCCCCC(Cl)C2)CC1. The second kappa shape index (κ2) is 6.23. The van der Waals surface area contributed by atoms with E-state index < -0.39 is 0 Å². The van der Waals surface area contributed by atoms with Crippen molar-refractivity contribution in [3.8, 4) is 0 Å². The first-order valence-electron chi connectivity index (χ1n) is 6.82. The van der Waals surface area contributed by atoms with E-state index in [0.29, 0.717) is 11.4 Å². The van der Waals surface area contributed by atoms with Crippen molar-refractivity contribution in [1.82, 2.24) is 4.90 Å². The highest BCUT2D eigenvalue weighted by atomic mass is 35.5. The molecule has 3 heteroatoms. The van der Waals surface area contributed by atoms with Crippen LogP contribution >= 0.6 is 11.6 Å². The molecule has 16 heavy (non-hydrogen) atoms. The summed E-state index contributed by atoms with van der Waals surface area (Å²) in [7, 11) is 0. The normalized spacial score (nSPS) is 35.6. The van der Waals surface area contributed by atoms with Crippen LogP contribution in [0.4, 0.5) is 0 Å². The molecule has 1 aliphatic carbocycles. The van der Waals surface area contributed by atoms with Gasteiger partial charge < -0.3 is 10.0 Å². The Labute approximate surface area is 104 Å². The fourth-order valence-electron chi connectivity index (χ4n) is 3.04. The molecule has 0 radical (unpaired) electrons. The summed E-state index contributed by atoms with van der Waals surface area (Å²) in [5, 5.41) is 9.90. The third-order valence-electron chi connectivity index (χ3n) is 4.10. The highest BCUT2D eigenvalue weighted by Crippen LogP contribution is 2.26. The smallest absolute Gasteiger partial charge is 0.0564 e. The lowest BCUT2D eigenvalue weighted by atomic mass is 9.93. The van der Waals surface area contributed by atoms with Crippen LogP contribution in [0.25, 0.3) is 0 Å². The van der Waals surface area contributed by atoms with Gasteiger partial charge >= 0.3 is 0 Å². The summed E-state index contributed by atoms with van der Waals surface area (Å²) in [4.78, 5) is 2.56. The highest BCUT2D eigenvalue weighted by molar-refractivity contribution is 6.20. The second-order valence-corrected chi connectivity index (χ2v) is 6.01. The van der Waals surface area contributed by atoms with Gasteiger partial charge in [-0.2, -0.15) is 0 Å². The molecule has 1 heterocycles. The van der Waals surface area contributed by atoms with Crippen LogP contribution in [0.3, 0.4) is 0 Å². The quantitative estimate of drug-likeness (QED) is 0.719. The van der Waals surface area contributed by atoms with Crippen molar-refractivity contribution < 1.29 is 5.11 Å². The molecule has 2 fully saturated rings. The van der Waals surface area contributed by atoms with Crippen molar-refractivity contribution in [3.05, 3.63) is 0 Å². The van der Waals surface area contributed by atoms with E-state index in [2.05, 4.69) is 4.90 Å². The fraction of sp³-hybridized carbons (Fsp3) is 1.00. The Hall–Kier alpha value is 0.210. The predicted molar refractivity (Wildman–Crippen MR) is 67.9 cm³/mol. The van der Waals surface area contributed by atoms with E-state index >= 15 is 0 Å². The number of piperidine rings is 1. The van der Waals surface area contributed by atoms with Crippen LogP contribution in [0, 0.1) is 0 Å². The summed E-state index contributed by atoms with van der Waals surface area (Å²) in [6.45, 7) is 2.13. The molecular weight excluding hydrogens is 222 g/mol. The van der Waals surface area contributed by atoms with Crippen LogP contribution in [0.15, 0.2) is 0 Å². The van der Waals surface area contributed by atoms with E-state index in [0.717, 1.165) is 32.4 Å². The van der Waals surface area contributed by atoms with Crippen molar-refractivity contribution in [1.29, 1.82) is 0 Å². The van der Waals surface area contributed by atoms with Gasteiger partial charge in [-0.05, 0) is 32.1 Å². The van der Waals surface area contributed by atoms with Gasteiger partial charge in [0, 0.05) is 24.5 Å². The van der Waals surface area contributed by atoms with Crippen molar-refractivity contribution in [3.63, 3.8) is 0 Å². The summed E-state index contributed by atoms with van der Waals surface area (Å²) in [5.41, 5.74) is 0. The molecule has 2 unspecified atom stereocenters. The maximum Gasteiger partial charge on any atom is 0.0564 e. The van der Waals surface area contributed by atoms with Gasteiger partial charge in [0.2, 0.25) is 0 Å². The van der Waals surface area contributed by atoms with Gasteiger partial charge in [0.1, 0.15) is 0 Å². The Morgan fingerprint density at radius 1 is 0.938 bits per heavy atom. The molecule has 1 saturated carbocycles. The Bertz CT molecular complexity index is 204. The Balaban J connectivity index is 1.85. The van der Waals surface area contributed by atoms with Crippen molar-refractivity contribution in [2.75, 3.05) is 13.1 Å². The largest absolute Gasteiger partial charge is 0.393 e. The molecule has 1 N–H and O–H groups in total. The zero-order valence-electron chi connectivity index (χ0n) is 10.1. The molecule has 0 bridgehead atoms. The van der Waals surface area contributed by atoms with Crippen LogP contribution in [0.1, 0.15) is 51.4 Å². The summed E-state index contributed by atoms with van der Waals surface area (Å²) >= 11 is 6.36. The minimum atomic E-state index is -0.0587. The first kappa shape index (κ1) is 12.7. The predicted octanol–water partition coefficient (Wildman–Crippen LogP) is 2.77. The number of likely N-dealkylation sites (tertiary alicyclic amines) is 1. The zero-order chi connectivity index (χ0) is 11.4. The van der Waals surface area contributed by atoms with Crippen molar-refractivity contribution >= 4 is 11.6 Å². The third kappa shape index (κ3) is 3.61. The molecule has 2 aliphatic rings. The molecule has 0 spiro atoms. The van der Waals surface area contributed by atoms with E-state index in [9.17, 15) is 5.11 Å². The first-order chi connectivity index (χ1) is 7.75. The highest BCUT2D eigenvalue weighted by Gasteiger charge is 2.26. The summed E-state index contributed by atoms with van der Waals surface area (Å²) < 4.78 is 0. The fourth-order valence-corrected chi connectivity index (χ4v) is 3.40. The average Bonchev–Trinajstić information content (AvgIpc) is 2.24. The lowest BCUT2D eigenvalue weighted by Gasteiger charge is -2.38. The van der Waals surface area contributed by atoms with Gasteiger partial charge in [0.25, 0.3) is 0 Å². The Morgan fingerprint density at radius 2 is 1.62 bits per heavy atom. The van der Waals surface area contributed by atoms with Gasteiger partial charge in [-0.15, -0.1) is 11.6 Å². The number of alkyl halides is 1. The van der Waals surface area contributed by atoms with E-state index in [1.165, 1.54) is 32.1 Å². The van der Waals surface area contributed by atoms with Crippen LogP contribution in [0.5, 0.6) is 0 Å². The third-order valence-corrected chi connectivity index (χ3v) is 4.49. The van der Waals surface area contributed by atoms with Crippen LogP contribution in [-0.2, 0) is 0 Å². The monoisotopic (exact) mass is 245 g/mol. The molecule has 2 atom stereocenters. The van der Waals surface area contributed by atoms with Crippen LogP contribution < -0.4 is 0 Å².